The van der Waals surface area contributed by atoms with Gasteiger partial charge in [-0.2, -0.15) is 0 Å². The summed E-state index contributed by atoms with van der Waals surface area (Å²) in [6.45, 7) is 5.83. The summed E-state index contributed by atoms with van der Waals surface area (Å²) in [6.07, 6.45) is 0. The first-order chi connectivity index (χ1) is 8.99. The zero-order chi connectivity index (χ0) is 14.0. The Bertz CT molecular complexity index is 593. The quantitative estimate of drug-likeness (QED) is 0.894. The van der Waals surface area contributed by atoms with Crippen molar-refractivity contribution in [3.05, 3.63) is 58.9 Å². The van der Waals surface area contributed by atoms with E-state index in [1.165, 1.54) is 11.6 Å². The second-order valence-electron chi connectivity index (χ2n) is 4.79. The zero-order valence-corrected chi connectivity index (χ0v) is 11.4. The lowest BCUT2D eigenvalue weighted by molar-refractivity contribution is 0.432. The predicted octanol–water partition coefficient (Wildman–Crippen LogP) is 4.25. The number of rotatable bonds is 3. The first kappa shape index (κ1) is 13.6. The molecule has 2 nitrogen and oxygen atoms in total. The summed E-state index contributed by atoms with van der Waals surface area (Å²) < 4.78 is 19.6. The van der Waals surface area contributed by atoms with Crippen molar-refractivity contribution in [2.75, 3.05) is 0 Å². The smallest absolute Gasteiger partial charge is 0.167 e. The monoisotopic (exact) mass is 259 g/mol. The van der Waals surface area contributed by atoms with Gasteiger partial charge in [0.05, 0.1) is 0 Å². The van der Waals surface area contributed by atoms with Crippen molar-refractivity contribution in [1.29, 1.82) is 0 Å². The third-order valence-corrected chi connectivity index (χ3v) is 3.19. The SMILES string of the molecule is Cc1ccc(Oc2c(F)cccc2C(C)N)cc1C. The van der Waals surface area contributed by atoms with Crippen molar-refractivity contribution in [1.82, 2.24) is 0 Å². The Kier molecular flexibility index (Phi) is 3.86. The summed E-state index contributed by atoms with van der Waals surface area (Å²) in [7, 11) is 0. The lowest BCUT2D eigenvalue weighted by Gasteiger charge is -2.15. The van der Waals surface area contributed by atoms with Gasteiger partial charge in [0, 0.05) is 11.6 Å². The molecular weight excluding hydrogens is 241 g/mol. The molecule has 0 heterocycles. The molecule has 0 bridgehead atoms. The average Bonchev–Trinajstić information content (AvgIpc) is 2.36. The fourth-order valence-corrected chi connectivity index (χ4v) is 1.89. The van der Waals surface area contributed by atoms with Crippen molar-refractivity contribution in [3.63, 3.8) is 0 Å². The van der Waals surface area contributed by atoms with E-state index >= 15 is 0 Å². The maximum Gasteiger partial charge on any atom is 0.167 e. The Hall–Kier alpha value is -1.87. The van der Waals surface area contributed by atoms with Crippen LogP contribution in [0.1, 0.15) is 29.7 Å². The molecule has 0 fully saturated rings. The van der Waals surface area contributed by atoms with E-state index < -0.39 is 5.82 Å². The molecule has 0 aliphatic rings. The summed E-state index contributed by atoms with van der Waals surface area (Å²) in [6, 6.07) is 10.2. The van der Waals surface area contributed by atoms with Crippen LogP contribution in [-0.4, -0.2) is 0 Å². The van der Waals surface area contributed by atoms with Crippen LogP contribution in [0.5, 0.6) is 11.5 Å². The highest BCUT2D eigenvalue weighted by Gasteiger charge is 2.14. The van der Waals surface area contributed by atoms with Crippen LogP contribution < -0.4 is 10.5 Å². The molecule has 0 saturated heterocycles. The molecule has 0 aromatic heterocycles. The van der Waals surface area contributed by atoms with E-state index in [-0.39, 0.29) is 11.8 Å². The van der Waals surface area contributed by atoms with Gasteiger partial charge in [0.1, 0.15) is 5.75 Å². The Balaban J connectivity index is 2.40. The van der Waals surface area contributed by atoms with Gasteiger partial charge in [-0.1, -0.05) is 18.2 Å². The number of hydrogen-bond acceptors (Lipinski definition) is 2. The van der Waals surface area contributed by atoms with Crippen molar-refractivity contribution in [2.24, 2.45) is 5.73 Å². The summed E-state index contributed by atoms with van der Waals surface area (Å²) >= 11 is 0. The number of para-hydroxylation sites is 1. The van der Waals surface area contributed by atoms with Crippen molar-refractivity contribution in [3.8, 4) is 11.5 Å². The highest BCUT2D eigenvalue weighted by atomic mass is 19.1. The number of halogens is 1. The molecule has 2 aromatic carbocycles. The molecule has 19 heavy (non-hydrogen) atoms. The van der Waals surface area contributed by atoms with Gasteiger partial charge in [0.25, 0.3) is 0 Å². The standard InChI is InChI=1S/C16H18FNO/c1-10-7-8-13(9-11(10)2)19-16-14(12(3)18)5-4-6-15(16)17/h4-9,12H,18H2,1-3H3. The number of ether oxygens (including phenoxy) is 1. The number of hydrogen-bond donors (Lipinski definition) is 1. The van der Waals surface area contributed by atoms with Crippen LogP contribution in [0.4, 0.5) is 4.39 Å². The summed E-state index contributed by atoms with van der Waals surface area (Å²) in [4.78, 5) is 0. The number of benzene rings is 2. The Morgan fingerprint density at radius 1 is 1.11 bits per heavy atom. The second-order valence-corrected chi connectivity index (χ2v) is 4.79. The molecule has 0 radical (unpaired) electrons. The minimum absolute atomic E-state index is 0.209. The van der Waals surface area contributed by atoms with Crippen LogP contribution >= 0.6 is 0 Å². The molecule has 2 N–H and O–H groups in total. The van der Waals surface area contributed by atoms with Crippen LogP contribution in [0.25, 0.3) is 0 Å². The Labute approximate surface area is 113 Å². The zero-order valence-electron chi connectivity index (χ0n) is 11.4. The highest BCUT2D eigenvalue weighted by Crippen LogP contribution is 2.32. The molecule has 2 rings (SSSR count). The fourth-order valence-electron chi connectivity index (χ4n) is 1.89. The van der Waals surface area contributed by atoms with Crippen molar-refractivity contribution < 1.29 is 9.13 Å². The van der Waals surface area contributed by atoms with Crippen LogP contribution in [0.15, 0.2) is 36.4 Å². The second kappa shape index (κ2) is 5.41. The van der Waals surface area contributed by atoms with Crippen LogP contribution in [0, 0.1) is 19.7 Å². The van der Waals surface area contributed by atoms with E-state index in [1.54, 1.807) is 12.1 Å². The normalized spacial score (nSPS) is 12.3. The summed E-state index contributed by atoms with van der Waals surface area (Å²) in [5.74, 6) is 0.434. The molecule has 0 amide bonds. The lowest BCUT2D eigenvalue weighted by atomic mass is 10.1. The van der Waals surface area contributed by atoms with E-state index in [9.17, 15) is 4.39 Å². The molecular formula is C16H18FNO. The molecule has 1 atom stereocenters. The van der Waals surface area contributed by atoms with Crippen LogP contribution in [0.3, 0.4) is 0 Å². The number of nitrogens with two attached hydrogens (primary N) is 1. The van der Waals surface area contributed by atoms with Crippen molar-refractivity contribution >= 4 is 0 Å². The lowest BCUT2D eigenvalue weighted by Crippen LogP contribution is -2.07. The minimum atomic E-state index is -0.395. The number of aryl methyl sites for hydroxylation is 2. The summed E-state index contributed by atoms with van der Waals surface area (Å²) in [5.41, 5.74) is 8.79. The third-order valence-electron chi connectivity index (χ3n) is 3.19. The maximum absolute atomic E-state index is 13.9. The van der Waals surface area contributed by atoms with Gasteiger partial charge in [-0.15, -0.1) is 0 Å². The Morgan fingerprint density at radius 2 is 1.84 bits per heavy atom. The van der Waals surface area contributed by atoms with E-state index in [1.807, 2.05) is 39.0 Å². The molecule has 100 valence electrons. The van der Waals surface area contributed by atoms with Gasteiger partial charge in [0.15, 0.2) is 11.6 Å². The van der Waals surface area contributed by atoms with E-state index in [4.69, 9.17) is 10.5 Å². The van der Waals surface area contributed by atoms with Gasteiger partial charge >= 0.3 is 0 Å². The maximum atomic E-state index is 13.9. The molecule has 0 aliphatic heterocycles. The van der Waals surface area contributed by atoms with E-state index in [0.29, 0.717) is 11.3 Å². The minimum Gasteiger partial charge on any atom is -0.454 e. The topological polar surface area (TPSA) is 35.2 Å². The molecule has 0 spiro atoms. The fraction of sp³-hybridized carbons (Fsp3) is 0.250. The molecule has 2 aromatic rings. The molecule has 1 unspecified atom stereocenters. The molecule has 0 aliphatic carbocycles. The van der Waals surface area contributed by atoms with Crippen LogP contribution in [0.2, 0.25) is 0 Å². The highest BCUT2D eigenvalue weighted by molar-refractivity contribution is 5.42. The van der Waals surface area contributed by atoms with E-state index in [0.717, 1.165) is 5.56 Å². The largest absolute Gasteiger partial charge is 0.454 e. The van der Waals surface area contributed by atoms with E-state index in [2.05, 4.69) is 0 Å². The van der Waals surface area contributed by atoms with Gasteiger partial charge in [-0.25, -0.2) is 4.39 Å². The summed E-state index contributed by atoms with van der Waals surface area (Å²) in [5, 5.41) is 0. The van der Waals surface area contributed by atoms with Gasteiger partial charge < -0.3 is 10.5 Å². The molecule has 3 heteroatoms. The Morgan fingerprint density at radius 3 is 2.47 bits per heavy atom. The third kappa shape index (κ3) is 2.93. The van der Waals surface area contributed by atoms with Gasteiger partial charge in [-0.05, 0) is 50.1 Å². The predicted molar refractivity (Wildman–Crippen MR) is 75.0 cm³/mol. The first-order valence-electron chi connectivity index (χ1n) is 6.28. The average molecular weight is 259 g/mol. The molecule has 0 saturated carbocycles. The van der Waals surface area contributed by atoms with Gasteiger partial charge in [-0.3, -0.25) is 0 Å². The van der Waals surface area contributed by atoms with Crippen LogP contribution in [-0.2, 0) is 0 Å². The van der Waals surface area contributed by atoms with Crippen molar-refractivity contribution in [2.45, 2.75) is 26.8 Å². The van der Waals surface area contributed by atoms with Gasteiger partial charge in [0.2, 0.25) is 0 Å². The first-order valence-corrected chi connectivity index (χ1v) is 6.28.